The van der Waals surface area contributed by atoms with Crippen molar-refractivity contribution in [2.24, 2.45) is 0 Å². The number of rotatable bonds is 4. The molecule has 4 heteroatoms. The minimum atomic E-state index is 0.260. The Kier molecular flexibility index (Phi) is 3.28. The fourth-order valence-corrected chi connectivity index (χ4v) is 2.28. The first-order chi connectivity index (χ1) is 8.92. The molecule has 0 fully saturated rings. The van der Waals surface area contributed by atoms with Crippen LogP contribution in [0, 0.1) is 0 Å². The van der Waals surface area contributed by atoms with Crippen molar-refractivity contribution in [1.82, 2.24) is 9.78 Å². The lowest BCUT2D eigenvalue weighted by Gasteiger charge is -2.26. The van der Waals surface area contributed by atoms with Gasteiger partial charge in [0.05, 0.1) is 19.3 Å². The van der Waals surface area contributed by atoms with Crippen LogP contribution in [0.15, 0.2) is 42.7 Å². The van der Waals surface area contributed by atoms with E-state index in [4.69, 9.17) is 4.74 Å². The second-order valence-electron chi connectivity index (χ2n) is 4.50. The smallest absolute Gasteiger partial charge is 0.0789 e. The Labute approximate surface area is 107 Å². The third kappa shape index (κ3) is 2.54. The third-order valence-electron chi connectivity index (χ3n) is 3.22. The Balaban J connectivity index is 1.51. The molecular formula is C14H17N3O. The predicted molar refractivity (Wildman–Crippen MR) is 70.6 cm³/mol. The highest BCUT2D eigenvalue weighted by Gasteiger charge is 2.17. The molecule has 0 amide bonds. The van der Waals surface area contributed by atoms with E-state index in [1.54, 1.807) is 6.20 Å². The number of hydrogen-bond acceptors (Lipinski definition) is 3. The van der Waals surface area contributed by atoms with Crippen LogP contribution in [0.2, 0.25) is 0 Å². The molecular weight excluding hydrogens is 226 g/mol. The molecule has 1 aliphatic rings. The van der Waals surface area contributed by atoms with Crippen LogP contribution in [0.1, 0.15) is 5.56 Å². The maximum atomic E-state index is 5.89. The van der Waals surface area contributed by atoms with E-state index in [0.717, 1.165) is 19.5 Å². The average Bonchev–Trinajstić information content (AvgIpc) is 2.92. The van der Waals surface area contributed by atoms with Gasteiger partial charge in [-0.15, -0.1) is 0 Å². The molecule has 0 spiro atoms. The van der Waals surface area contributed by atoms with Gasteiger partial charge in [-0.05, 0) is 17.7 Å². The summed E-state index contributed by atoms with van der Waals surface area (Å²) in [6.07, 6.45) is 4.99. The summed E-state index contributed by atoms with van der Waals surface area (Å²) in [4.78, 5) is 0. The summed E-state index contributed by atoms with van der Waals surface area (Å²) in [5.41, 5.74) is 2.58. The summed E-state index contributed by atoms with van der Waals surface area (Å²) in [6.45, 7) is 2.40. The summed E-state index contributed by atoms with van der Waals surface area (Å²) in [6, 6.07) is 10.3. The quantitative estimate of drug-likeness (QED) is 0.892. The van der Waals surface area contributed by atoms with Gasteiger partial charge in [-0.2, -0.15) is 5.10 Å². The topological polar surface area (TPSA) is 39.1 Å². The van der Waals surface area contributed by atoms with Crippen LogP contribution >= 0.6 is 0 Å². The van der Waals surface area contributed by atoms with Gasteiger partial charge in [-0.3, -0.25) is 4.68 Å². The molecule has 0 aliphatic carbocycles. The highest BCUT2D eigenvalue weighted by atomic mass is 16.5. The van der Waals surface area contributed by atoms with E-state index >= 15 is 0 Å². The standard InChI is InChI=1S/C14H17N3O/c1-2-5-14-12(4-1)10-13(11-15-14)18-9-8-17-7-3-6-16-17/h1-7,13,15H,8-11H2. The molecule has 2 aromatic rings. The van der Waals surface area contributed by atoms with Gasteiger partial charge in [-0.1, -0.05) is 18.2 Å². The van der Waals surface area contributed by atoms with Crippen LogP contribution in [0.5, 0.6) is 0 Å². The van der Waals surface area contributed by atoms with Crippen molar-refractivity contribution in [2.45, 2.75) is 19.1 Å². The van der Waals surface area contributed by atoms with Gasteiger partial charge in [-0.25, -0.2) is 0 Å². The largest absolute Gasteiger partial charge is 0.382 e. The lowest BCUT2D eigenvalue weighted by atomic mass is 10.0. The molecule has 2 heterocycles. The Bertz CT molecular complexity index is 496. The predicted octanol–water partition coefficient (Wildman–Crippen LogP) is 1.94. The summed E-state index contributed by atoms with van der Waals surface area (Å²) in [5, 5.41) is 7.56. The molecule has 0 saturated carbocycles. The molecule has 0 bridgehead atoms. The minimum Gasteiger partial charge on any atom is -0.382 e. The lowest BCUT2D eigenvalue weighted by molar-refractivity contribution is 0.0533. The zero-order valence-electron chi connectivity index (χ0n) is 10.2. The molecule has 18 heavy (non-hydrogen) atoms. The number of para-hydroxylation sites is 1. The van der Waals surface area contributed by atoms with Gasteiger partial charge in [0.1, 0.15) is 0 Å². The van der Waals surface area contributed by atoms with Crippen molar-refractivity contribution in [3.63, 3.8) is 0 Å². The second-order valence-corrected chi connectivity index (χ2v) is 4.50. The van der Waals surface area contributed by atoms with E-state index in [1.165, 1.54) is 11.3 Å². The number of hydrogen-bond donors (Lipinski definition) is 1. The van der Waals surface area contributed by atoms with Gasteiger partial charge in [0.25, 0.3) is 0 Å². The molecule has 94 valence electrons. The van der Waals surface area contributed by atoms with Gasteiger partial charge in [0.15, 0.2) is 0 Å². The number of anilines is 1. The summed E-state index contributed by atoms with van der Waals surface area (Å²) in [5.74, 6) is 0. The highest BCUT2D eigenvalue weighted by molar-refractivity contribution is 5.53. The van der Waals surface area contributed by atoms with E-state index in [9.17, 15) is 0 Å². The van der Waals surface area contributed by atoms with Crippen molar-refractivity contribution in [2.75, 3.05) is 18.5 Å². The Morgan fingerprint density at radius 1 is 1.33 bits per heavy atom. The molecule has 0 saturated heterocycles. The SMILES string of the molecule is c1ccc2c(c1)CC(OCCn1cccn1)CN2. The lowest BCUT2D eigenvalue weighted by Crippen LogP contribution is -2.31. The Morgan fingerprint density at radius 2 is 2.28 bits per heavy atom. The summed E-state index contributed by atoms with van der Waals surface area (Å²) < 4.78 is 7.78. The van der Waals surface area contributed by atoms with Gasteiger partial charge in [0.2, 0.25) is 0 Å². The van der Waals surface area contributed by atoms with Crippen molar-refractivity contribution >= 4 is 5.69 Å². The maximum Gasteiger partial charge on any atom is 0.0789 e. The third-order valence-corrected chi connectivity index (χ3v) is 3.22. The number of fused-ring (bicyclic) bond motifs is 1. The van der Waals surface area contributed by atoms with Crippen molar-refractivity contribution in [3.8, 4) is 0 Å². The van der Waals surface area contributed by atoms with Gasteiger partial charge < -0.3 is 10.1 Å². The van der Waals surface area contributed by atoms with E-state index in [0.29, 0.717) is 6.61 Å². The molecule has 1 unspecified atom stereocenters. The van der Waals surface area contributed by atoms with Crippen molar-refractivity contribution < 1.29 is 4.74 Å². The number of benzene rings is 1. The minimum absolute atomic E-state index is 0.260. The zero-order chi connectivity index (χ0) is 12.2. The van der Waals surface area contributed by atoms with Crippen LogP contribution in [-0.4, -0.2) is 29.0 Å². The molecule has 1 aromatic heterocycles. The fraction of sp³-hybridized carbons (Fsp3) is 0.357. The number of ether oxygens (including phenoxy) is 1. The number of nitrogens with zero attached hydrogens (tertiary/aromatic N) is 2. The Hall–Kier alpha value is -1.81. The molecule has 1 N–H and O–H groups in total. The van der Waals surface area contributed by atoms with E-state index < -0.39 is 0 Å². The van der Waals surface area contributed by atoms with Crippen LogP contribution in [0.4, 0.5) is 5.69 Å². The van der Waals surface area contributed by atoms with E-state index in [1.807, 2.05) is 16.9 Å². The van der Waals surface area contributed by atoms with Crippen molar-refractivity contribution in [3.05, 3.63) is 48.3 Å². The average molecular weight is 243 g/mol. The first kappa shape index (κ1) is 11.3. The first-order valence-electron chi connectivity index (χ1n) is 6.32. The molecule has 4 nitrogen and oxygen atoms in total. The van der Waals surface area contributed by atoms with Crippen LogP contribution in [0.3, 0.4) is 0 Å². The zero-order valence-corrected chi connectivity index (χ0v) is 10.2. The highest BCUT2D eigenvalue weighted by Crippen LogP contribution is 2.22. The van der Waals surface area contributed by atoms with Crippen LogP contribution in [-0.2, 0) is 17.7 Å². The second kappa shape index (κ2) is 5.23. The molecule has 0 radical (unpaired) electrons. The van der Waals surface area contributed by atoms with Gasteiger partial charge >= 0.3 is 0 Å². The summed E-state index contributed by atoms with van der Waals surface area (Å²) >= 11 is 0. The van der Waals surface area contributed by atoms with Crippen molar-refractivity contribution in [1.29, 1.82) is 0 Å². The molecule has 1 atom stereocenters. The van der Waals surface area contributed by atoms with Gasteiger partial charge in [0, 0.05) is 31.0 Å². The molecule has 1 aromatic carbocycles. The van der Waals surface area contributed by atoms with Crippen LogP contribution in [0.25, 0.3) is 0 Å². The Morgan fingerprint density at radius 3 is 3.17 bits per heavy atom. The van der Waals surface area contributed by atoms with E-state index in [2.05, 4.69) is 34.7 Å². The summed E-state index contributed by atoms with van der Waals surface area (Å²) in [7, 11) is 0. The van der Waals surface area contributed by atoms with Crippen LogP contribution < -0.4 is 5.32 Å². The number of nitrogens with one attached hydrogen (secondary N) is 1. The molecule has 3 rings (SSSR count). The normalized spacial score (nSPS) is 18.1. The molecule has 1 aliphatic heterocycles. The monoisotopic (exact) mass is 243 g/mol. The fourth-order valence-electron chi connectivity index (χ4n) is 2.28. The van der Waals surface area contributed by atoms with E-state index in [-0.39, 0.29) is 6.10 Å². The first-order valence-corrected chi connectivity index (χ1v) is 6.32. The maximum absolute atomic E-state index is 5.89. The number of aromatic nitrogens is 2.